The molecule has 4 aromatic heterocycles. The van der Waals surface area contributed by atoms with Crippen LogP contribution >= 0.6 is 0 Å². The molecule has 0 spiro atoms. The number of hydrogen-bond donors (Lipinski definition) is 1. The molecule has 4 nitrogen and oxygen atoms in total. The smallest absolute Gasteiger partial charge is 0.139 e. The molecular weight excluding hydrogens is 380 g/mol. The lowest BCUT2D eigenvalue weighted by Crippen LogP contribution is -1.93. The summed E-state index contributed by atoms with van der Waals surface area (Å²) in [6.07, 6.45) is 5.46. The van der Waals surface area contributed by atoms with Crippen LogP contribution in [-0.4, -0.2) is 19.9 Å². The Bertz CT molecular complexity index is 1620. The normalized spacial score (nSPS) is 11.0. The second-order valence-electron chi connectivity index (χ2n) is 7.29. The second kappa shape index (κ2) is 7.08. The molecule has 0 aliphatic rings. The number of aromatic amines is 1. The van der Waals surface area contributed by atoms with Gasteiger partial charge in [-0.1, -0.05) is 60.4 Å². The van der Waals surface area contributed by atoms with Gasteiger partial charge >= 0.3 is 0 Å². The molecule has 0 bridgehead atoms. The van der Waals surface area contributed by atoms with E-state index in [1.165, 1.54) is 0 Å². The van der Waals surface area contributed by atoms with Crippen LogP contribution in [0.1, 0.15) is 11.1 Å². The van der Waals surface area contributed by atoms with Gasteiger partial charge in [-0.2, -0.15) is 0 Å². The summed E-state index contributed by atoms with van der Waals surface area (Å²) in [4.78, 5) is 17.4. The van der Waals surface area contributed by atoms with Crippen LogP contribution in [0.25, 0.3) is 44.1 Å². The summed E-state index contributed by atoms with van der Waals surface area (Å²) in [6.45, 7) is 0. The van der Waals surface area contributed by atoms with Crippen molar-refractivity contribution in [1.29, 1.82) is 0 Å². The van der Waals surface area contributed by atoms with E-state index in [9.17, 15) is 0 Å². The minimum absolute atomic E-state index is 0.789. The quantitative estimate of drug-likeness (QED) is 0.361. The van der Waals surface area contributed by atoms with E-state index < -0.39 is 0 Å². The first kappa shape index (κ1) is 17.4. The van der Waals surface area contributed by atoms with E-state index >= 15 is 0 Å². The first-order chi connectivity index (χ1) is 15.4. The van der Waals surface area contributed by atoms with E-state index in [-0.39, 0.29) is 0 Å². The Hall–Kier alpha value is -4.49. The number of nitrogens with zero attached hydrogens (tertiary/aromatic N) is 3. The first-order valence-electron chi connectivity index (χ1n) is 10.0. The van der Waals surface area contributed by atoms with Crippen molar-refractivity contribution >= 4 is 33.0 Å². The highest BCUT2D eigenvalue weighted by Crippen LogP contribution is 2.38. The van der Waals surface area contributed by atoms with Gasteiger partial charge in [0.05, 0.1) is 22.8 Å². The average Bonchev–Trinajstić information content (AvgIpc) is 3.20. The summed E-state index contributed by atoms with van der Waals surface area (Å²) in [7, 11) is 0. The van der Waals surface area contributed by atoms with Crippen LogP contribution in [0.5, 0.6) is 0 Å². The van der Waals surface area contributed by atoms with E-state index in [1.807, 2.05) is 79.3 Å². The average molecular weight is 396 g/mol. The molecule has 6 rings (SSSR count). The van der Waals surface area contributed by atoms with Crippen LogP contribution < -0.4 is 0 Å². The Morgan fingerprint density at radius 2 is 1.55 bits per heavy atom. The van der Waals surface area contributed by atoms with E-state index in [0.717, 1.165) is 55.2 Å². The maximum absolute atomic E-state index is 4.96. The molecule has 0 aliphatic heterocycles. The first-order valence-corrected chi connectivity index (χ1v) is 10.0. The fraction of sp³-hybridized carbons (Fsp3) is 0. The van der Waals surface area contributed by atoms with Gasteiger partial charge in [0, 0.05) is 34.3 Å². The van der Waals surface area contributed by atoms with Gasteiger partial charge in [-0.05, 0) is 29.8 Å². The third-order valence-electron chi connectivity index (χ3n) is 5.39. The number of fused-ring (bicyclic) bond motifs is 4. The van der Waals surface area contributed by atoms with Crippen molar-refractivity contribution in [3.05, 3.63) is 103 Å². The summed E-state index contributed by atoms with van der Waals surface area (Å²) >= 11 is 0. The Balaban J connectivity index is 1.72. The van der Waals surface area contributed by atoms with E-state index in [1.54, 1.807) is 0 Å². The standard InChI is InChI=1S/C27H16N4/c1-3-7-18(8-4-1)11-12-20-13-16-29-26-23(19-9-5-2-6-10-19)24-21-14-15-28-17-22(21)30-27(24)31-25(20)26/h1-10,13-17H,(H,30,31). The lowest BCUT2D eigenvalue weighted by atomic mass is 9.98. The van der Waals surface area contributed by atoms with Crippen LogP contribution in [0.2, 0.25) is 0 Å². The zero-order valence-electron chi connectivity index (χ0n) is 16.5. The van der Waals surface area contributed by atoms with E-state index in [0.29, 0.717) is 0 Å². The van der Waals surface area contributed by atoms with Crippen LogP contribution in [0, 0.1) is 11.8 Å². The molecule has 0 unspecified atom stereocenters. The number of nitrogens with one attached hydrogen (secondary N) is 1. The predicted octanol–water partition coefficient (Wildman–Crippen LogP) is 5.73. The lowest BCUT2D eigenvalue weighted by Gasteiger charge is -2.09. The zero-order chi connectivity index (χ0) is 20.6. The van der Waals surface area contributed by atoms with Crippen molar-refractivity contribution in [3.63, 3.8) is 0 Å². The summed E-state index contributed by atoms with van der Waals surface area (Å²) in [5.74, 6) is 6.55. The van der Waals surface area contributed by atoms with Gasteiger partial charge < -0.3 is 4.98 Å². The number of pyridine rings is 3. The number of benzene rings is 2. The van der Waals surface area contributed by atoms with Crippen LogP contribution in [0.15, 0.2) is 91.4 Å². The third kappa shape index (κ3) is 2.92. The third-order valence-corrected chi connectivity index (χ3v) is 5.39. The Morgan fingerprint density at radius 3 is 2.39 bits per heavy atom. The largest absolute Gasteiger partial charge is 0.338 e. The minimum Gasteiger partial charge on any atom is -0.338 e. The van der Waals surface area contributed by atoms with Gasteiger partial charge in [-0.25, -0.2) is 4.98 Å². The van der Waals surface area contributed by atoms with Gasteiger partial charge in [-0.15, -0.1) is 0 Å². The van der Waals surface area contributed by atoms with Gasteiger partial charge in [0.15, 0.2) is 0 Å². The highest BCUT2D eigenvalue weighted by molar-refractivity contribution is 6.19. The molecule has 4 heteroatoms. The fourth-order valence-electron chi connectivity index (χ4n) is 3.99. The highest BCUT2D eigenvalue weighted by atomic mass is 14.9. The molecule has 6 aromatic rings. The topological polar surface area (TPSA) is 54.5 Å². The second-order valence-corrected chi connectivity index (χ2v) is 7.29. The molecule has 144 valence electrons. The van der Waals surface area contributed by atoms with Gasteiger partial charge in [-0.3, -0.25) is 9.97 Å². The van der Waals surface area contributed by atoms with Crippen molar-refractivity contribution in [2.24, 2.45) is 0 Å². The van der Waals surface area contributed by atoms with E-state index in [4.69, 9.17) is 9.97 Å². The number of rotatable bonds is 1. The molecule has 0 saturated carbocycles. The van der Waals surface area contributed by atoms with Gasteiger partial charge in [0.2, 0.25) is 0 Å². The number of aromatic nitrogens is 4. The molecule has 4 heterocycles. The van der Waals surface area contributed by atoms with Crippen LogP contribution in [0.3, 0.4) is 0 Å². The molecule has 0 atom stereocenters. The summed E-state index contributed by atoms with van der Waals surface area (Å²) in [6, 6.07) is 24.2. The predicted molar refractivity (Wildman–Crippen MR) is 125 cm³/mol. The Kier molecular flexibility index (Phi) is 3.97. The zero-order valence-corrected chi connectivity index (χ0v) is 16.5. The molecular formula is C27H16N4. The lowest BCUT2D eigenvalue weighted by molar-refractivity contribution is 1.32. The Labute approximate surface area is 178 Å². The highest BCUT2D eigenvalue weighted by Gasteiger charge is 2.18. The SMILES string of the molecule is C(#Cc1ccnc2c(-c3ccccc3)c3c(nc12)[nH]c1cnccc13)c1ccccc1. The molecule has 2 aromatic carbocycles. The van der Waals surface area contributed by atoms with Crippen molar-refractivity contribution in [1.82, 2.24) is 19.9 Å². The van der Waals surface area contributed by atoms with Crippen LogP contribution in [-0.2, 0) is 0 Å². The molecule has 0 aliphatic carbocycles. The van der Waals surface area contributed by atoms with Crippen molar-refractivity contribution in [2.45, 2.75) is 0 Å². The van der Waals surface area contributed by atoms with Crippen LogP contribution in [0.4, 0.5) is 0 Å². The summed E-state index contributed by atoms with van der Waals surface area (Å²) < 4.78 is 0. The molecule has 31 heavy (non-hydrogen) atoms. The van der Waals surface area contributed by atoms with Crippen molar-refractivity contribution in [2.75, 3.05) is 0 Å². The molecule has 0 amide bonds. The summed E-state index contributed by atoms with van der Waals surface area (Å²) in [5.41, 5.74) is 7.37. The Morgan fingerprint density at radius 1 is 0.742 bits per heavy atom. The molecule has 0 radical (unpaired) electrons. The number of hydrogen-bond acceptors (Lipinski definition) is 3. The number of H-pyrrole nitrogens is 1. The fourth-order valence-corrected chi connectivity index (χ4v) is 3.99. The van der Waals surface area contributed by atoms with Crippen molar-refractivity contribution < 1.29 is 0 Å². The van der Waals surface area contributed by atoms with Gasteiger partial charge in [0.25, 0.3) is 0 Å². The summed E-state index contributed by atoms with van der Waals surface area (Å²) in [5, 5.41) is 2.14. The van der Waals surface area contributed by atoms with Crippen molar-refractivity contribution in [3.8, 4) is 23.0 Å². The monoisotopic (exact) mass is 396 g/mol. The maximum Gasteiger partial charge on any atom is 0.139 e. The van der Waals surface area contributed by atoms with Gasteiger partial charge in [0.1, 0.15) is 11.2 Å². The molecule has 0 saturated heterocycles. The minimum atomic E-state index is 0.789. The maximum atomic E-state index is 4.96. The molecule has 1 N–H and O–H groups in total. The van der Waals surface area contributed by atoms with E-state index in [2.05, 4.69) is 33.9 Å². The molecule has 0 fully saturated rings.